The molecule has 2 rings (SSSR count). The molecule has 1 aromatic heterocycles. The van der Waals surface area contributed by atoms with Gasteiger partial charge >= 0.3 is 0 Å². The van der Waals surface area contributed by atoms with Crippen molar-refractivity contribution >= 4 is 17.6 Å². The number of imidazole rings is 1. The number of rotatable bonds is 5. The van der Waals surface area contributed by atoms with E-state index in [0.29, 0.717) is 18.5 Å². The third-order valence-electron chi connectivity index (χ3n) is 2.99. The van der Waals surface area contributed by atoms with E-state index in [-0.39, 0.29) is 24.0 Å². The molecule has 1 fully saturated rings. The highest BCUT2D eigenvalue weighted by Crippen LogP contribution is 2.07. The van der Waals surface area contributed by atoms with Crippen LogP contribution in [0, 0.1) is 6.92 Å². The maximum absolute atomic E-state index is 11.9. The Bertz CT molecular complexity index is 483. The van der Waals surface area contributed by atoms with E-state index in [1.54, 1.807) is 6.20 Å². The number of H-pyrrole nitrogens is 1. The summed E-state index contributed by atoms with van der Waals surface area (Å²) in [6.45, 7) is 3.34. The van der Waals surface area contributed by atoms with Crippen molar-refractivity contribution in [1.82, 2.24) is 20.6 Å². The molecule has 2 amide bonds. The van der Waals surface area contributed by atoms with Crippen LogP contribution in [-0.4, -0.2) is 39.6 Å². The van der Waals surface area contributed by atoms with E-state index in [9.17, 15) is 14.4 Å². The first-order valence-corrected chi connectivity index (χ1v) is 5.99. The van der Waals surface area contributed by atoms with Gasteiger partial charge in [-0.2, -0.15) is 0 Å². The number of aromatic amines is 1. The minimum Gasteiger partial charge on any atom is -0.351 e. The Balaban J connectivity index is 1.95. The summed E-state index contributed by atoms with van der Waals surface area (Å²) < 4.78 is 0. The highest BCUT2D eigenvalue weighted by molar-refractivity contribution is 5.95. The van der Waals surface area contributed by atoms with Crippen LogP contribution in [0.3, 0.4) is 0 Å². The molecule has 0 spiro atoms. The SMILES string of the molecule is [CH2]C(=O)[C@H](Cc1c[nH]cn1)NC(=O)[C@@H]1CCC(=O)N1. The molecule has 1 aliphatic rings. The lowest BCUT2D eigenvalue weighted by Crippen LogP contribution is -2.49. The predicted octanol–water partition coefficient (Wildman–Crippen LogP) is -0.881. The Kier molecular flexibility index (Phi) is 3.94. The van der Waals surface area contributed by atoms with E-state index < -0.39 is 12.1 Å². The van der Waals surface area contributed by atoms with E-state index >= 15 is 0 Å². The molecular formula is C12H15N4O3. The molecule has 2 heterocycles. The van der Waals surface area contributed by atoms with Gasteiger partial charge < -0.3 is 15.6 Å². The summed E-state index contributed by atoms with van der Waals surface area (Å²) in [6, 6.07) is -1.29. The van der Waals surface area contributed by atoms with Gasteiger partial charge in [-0.1, -0.05) is 0 Å². The summed E-state index contributed by atoms with van der Waals surface area (Å²) in [4.78, 5) is 41.2. The maximum Gasteiger partial charge on any atom is 0.243 e. The molecule has 19 heavy (non-hydrogen) atoms. The number of nitrogens with zero attached hydrogens (tertiary/aromatic N) is 1. The number of nitrogens with one attached hydrogen (secondary N) is 3. The molecule has 7 heteroatoms. The number of ketones is 1. The van der Waals surface area contributed by atoms with Gasteiger partial charge in [0.05, 0.1) is 18.1 Å². The lowest BCUT2D eigenvalue weighted by Gasteiger charge is -2.17. The minimum absolute atomic E-state index is 0.148. The van der Waals surface area contributed by atoms with Crippen LogP contribution in [0.5, 0.6) is 0 Å². The summed E-state index contributed by atoms with van der Waals surface area (Å²) in [6.07, 6.45) is 4.21. The first-order chi connectivity index (χ1) is 9.06. The van der Waals surface area contributed by atoms with Crippen molar-refractivity contribution in [2.75, 3.05) is 0 Å². The summed E-state index contributed by atoms with van der Waals surface area (Å²) in [5.41, 5.74) is 0.665. The molecule has 0 saturated carbocycles. The largest absolute Gasteiger partial charge is 0.351 e. The highest BCUT2D eigenvalue weighted by Gasteiger charge is 2.29. The third-order valence-corrected chi connectivity index (χ3v) is 2.99. The Morgan fingerprint density at radius 1 is 1.58 bits per heavy atom. The molecule has 1 aromatic rings. The summed E-state index contributed by atoms with van der Waals surface area (Å²) in [5, 5.41) is 5.15. The highest BCUT2D eigenvalue weighted by atomic mass is 16.2. The van der Waals surface area contributed by atoms with Crippen LogP contribution >= 0.6 is 0 Å². The van der Waals surface area contributed by atoms with Gasteiger partial charge in [-0.15, -0.1) is 0 Å². The second-order valence-corrected chi connectivity index (χ2v) is 4.45. The van der Waals surface area contributed by atoms with Crippen LogP contribution < -0.4 is 10.6 Å². The van der Waals surface area contributed by atoms with Crippen molar-refractivity contribution in [2.24, 2.45) is 0 Å². The second kappa shape index (κ2) is 5.64. The molecule has 0 aromatic carbocycles. The fourth-order valence-electron chi connectivity index (χ4n) is 1.94. The number of hydrogen-bond donors (Lipinski definition) is 3. The standard InChI is InChI=1S/C12H15N4O3/c1-7(17)10(4-8-5-13-6-14-8)16-12(19)9-2-3-11(18)15-9/h5-6,9-10H,1-4H2,(H,13,14)(H,15,18)(H,16,19)/t9-,10-/m0/s1. The van der Waals surface area contributed by atoms with E-state index in [1.807, 2.05) is 0 Å². The number of aromatic nitrogens is 2. The van der Waals surface area contributed by atoms with Gasteiger partial charge in [-0.05, 0) is 6.42 Å². The number of carbonyl (C=O) groups excluding carboxylic acids is 3. The lowest BCUT2D eigenvalue weighted by molar-refractivity contribution is -0.128. The summed E-state index contributed by atoms with van der Waals surface area (Å²) in [7, 11) is 0. The van der Waals surface area contributed by atoms with E-state index in [4.69, 9.17) is 0 Å². The van der Waals surface area contributed by atoms with Crippen LogP contribution in [0.25, 0.3) is 0 Å². The normalized spacial score (nSPS) is 19.8. The predicted molar refractivity (Wildman–Crippen MR) is 65.8 cm³/mol. The molecule has 1 saturated heterocycles. The molecule has 7 nitrogen and oxygen atoms in total. The average molecular weight is 263 g/mol. The van der Waals surface area contributed by atoms with E-state index in [1.165, 1.54) is 6.33 Å². The zero-order chi connectivity index (χ0) is 13.8. The summed E-state index contributed by atoms with van der Waals surface area (Å²) >= 11 is 0. The average Bonchev–Trinajstić information content (AvgIpc) is 2.99. The topological polar surface area (TPSA) is 104 Å². The molecule has 2 atom stereocenters. The van der Waals surface area contributed by atoms with Gasteiger partial charge in [-0.25, -0.2) is 4.98 Å². The Morgan fingerprint density at radius 2 is 2.37 bits per heavy atom. The van der Waals surface area contributed by atoms with Crippen molar-refractivity contribution in [3.8, 4) is 0 Å². The smallest absolute Gasteiger partial charge is 0.243 e. The number of carbonyl (C=O) groups is 3. The number of hydrogen-bond acceptors (Lipinski definition) is 4. The molecule has 1 aliphatic heterocycles. The van der Waals surface area contributed by atoms with Gasteiger partial charge in [0.2, 0.25) is 11.8 Å². The zero-order valence-electron chi connectivity index (χ0n) is 10.3. The van der Waals surface area contributed by atoms with Crippen LogP contribution in [-0.2, 0) is 20.8 Å². The molecular weight excluding hydrogens is 248 g/mol. The van der Waals surface area contributed by atoms with Gasteiger partial charge in [0.25, 0.3) is 0 Å². The molecule has 1 radical (unpaired) electrons. The summed E-state index contributed by atoms with van der Waals surface area (Å²) in [5.74, 6) is -0.894. The zero-order valence-corrected chi connectivity index (χ0v) is 10.3. The van der Waals surface area contributed by atoms with Gasteiger partial charge in [0.1, 0.15) is 6.04 Å². The van der Waals surface area contributed by atoms with Crippen molar-refractivity contribution < 1.29 is 14.4 Å². The van der Waals surface area contributed by atoms with Gasteiger partial charge in [0.15, 0.2) is 5.78 Å². The van der Waals surface area contributed by atoms with Crippen LogP contribution in [0.2, 0.25) is 0 Å². The fraction of sp³-hybridized carbons (Fsp3) is 0.417. The first-order valence-electron chi connectivity index (χ1n) is 5.99. The van der Waals surface area contributed by atoms with Crippen molar-refractivity contribution in [1.29, 1.82) is 0 Å². The Hall–Kier alpha value is -2.18. The second-order valence-electron chi connectivity index (χ2n) is 4.45. The monoisotopic (exact) mass is 263 g/mol. The molecule has 3 N–H and O–H groups in total. The van der Waals surface area contributed by atoms with Crippen LogP contribution in [0.4, 0.5) is 0 Å². The Morgan fingerprint density at radius 3 is 2.89 bits per heavy atom. The van der Waals surface area contributed by atoms with Gasteiger partial charge in [-0.3, -0.25) is 14.4 Å². The minimum atomic E-state index is -0.728. The molecule has 0 unspecified atom stereocenters. The third kappa shape index (κ3) is 3.40. The lowest BCUT2D eigenvalue weighted by atomic mass is 10.1. The number of Topliss-reactive ketones (excluding diaryl/α,β-unsaturated/α-hetero) is 1. The van der Waals surface area contributed by atoms with Crippen LogP contribution in [0.1, 0.15) is 18.5 Å². The van der Waals surface area contributed by atoms with Crippen LogP contribution in [0.15, 0.2) is 12.5 Å². The van der Waals surface area contributed by atoms with E-state index in [0.717, 1.165) is 0 Å². The van der Waals surface area contributed by atoms with E-state index in [2.05, 4.69) is 27.5 Å². The maximum atomic E-state index is 11.9. The van der Waals surface area contributed by atoms with Crippen molar-refractivity contribution in [2.45, 2.75) is 31.3 Å². The molecule has 101 valence electrons. The van der Waals surface area contributed by atoms with Gasteiger partial charge in [0, 0.05) is 26.0 Å². The molecule has 0 bridgehead atoms. The Labute approximate surface area is 110 Å². The van der Waals surface area contributed by atoms with Crippen molar-refractivity contribution in [3.05, 3.63) is 25.1 Å². The molecule has 0 aliphatic carbocycles. The van der Waals surface area contributed by atoms with Crippen molar-refractivity contribution in [3.63, 3.8) is 0 Å². The fourth-order valence-corrected chi connectivity index (χ4v) is 1.94. The quantitative estimate of drug-likeness (QED) is 0.641. The first kappa shape index (κ1) is 13.3. The number of amides is 2.